The Hall–Kier alpha value is -1.71. The minimum absolute atomic E-state index is 0.190. The number of hydrogen-bond donors (Lipinski definition) is 1. The Morgan fingerprint density at radius 2 is 1.85 bits per heavy atom. The fourth-order valence-corrected chi connectivity index (χ4v) is 3.26. The van der Waals surface area contributed by atoms with Crippen molar-refractivity contribution >= 4 is 21.4 Å². The maximum absolute atomic E-state index is 12.9. The molecule has 1 unspecified atom stereocenters. The summed E-state index contributed by atoms with van der Waals surface area (Å²) in [6.07, 6.45) is 0. The highest BCUT2D eigenvalue weighted by Gasteiger charge is 2.07. The summed E-state index contributed by atoms with van der Waals surface area (Å²) in [4.78, 5) is 0. The molecule has 0 bridgehead atoms. The largest absolute Gasteiger partial charge is 0.306 e. The van der Waals surface area contributed by atoms with Crippen molar-refractivity contribution in [2.45, 2.75) is 19.5 Å². The predicted molar refractivity (Wildman–Crippen MR) is 83.5 cm³/mol. The summed E-state index contributed by atoms with van der Waals surface area (Å²) < 4.78 is 14.2. The van der Waals surface area contributed by atoms with E-state index in [9.17, 15) is 4.39 Å². The van der Waals surface area contributed by atoms with Gasteiger partial charge < -0.3 is 5.32 Å². The van der Waals surface area contributed by atoms with E-state index in [1.54, 1.807) is 11.3 Å². The number of hydrogen-bond acceptors (Lipinski definition) is 2. The van der Waals surface area contributed by atoms with Gasteiger partial charge in [0, 0.05) is 17.3 Å². The Morgan fingerprint density at radius 1 is 1.10 bits per heavy atom. The van der Waals surface area contributed by atoms with Crippen LogP contribution < -0.4 is 5.32 Å². The molecule has 3 aromatic rings. The molecule has 0 saturated heterocycles. The van der Waals surface area contributed by atoms with Gasteiger partial charge in [0.2, 0.25) is 0 Å². The number of halogens is 1. The van der Waals surface area contributed by atoms with E-state index >= 15 is 0 Å². The molecule has 102 valence electrons. The lowest BCUT2D eigenvalue weighted by atomic mass is 10.1. The standard InChI is InChI=1S/C17H16FNS/c1-12(13-6-8-15(18)9-7-13)19-10-14-11-20-17-5-3-2-4-16(14)17/h2-9,11-12,19H,10H2,1H3. The predicted octanol–water partition coefficient (Wildman–Crippen LogP) is 4.89. The normalized spacial score (nSPS) is 12.7. The fourth-order valence-electron chi connectivity index (χ4n) is 2.30. The quantitative estimate of drug-likeness (QED) is 0.719. The number of thiophene rings is 1. The van der Waals surface area contributed by atoms with Crippen LogP contribution in [0.5, 0.6) is 0 Å². The first-order valence-electron chi connectivity index (χ1n) is 6.68. The van der Waals surface area contributed by atoms with Gasteiger partial charge in [0.25, 0.3) is 0 Å². The lowest BCUT2D eigenvalue weighted by Crippen LogP contribution is -2.17. The van der Waals surface area contributed by atoms with Crippen LogP contribution in [0.3, 0.4) is 0 Å². The molecule has 0 aliphatic heterocycles. The van der Waals surface area contributed by atoms with Crippen molar-refractivity contribution in [3.63, 3.8) is 0 Å². The molecule has 0 fully saturated rings. The van der Waals surface area contributed by atoms with Crippen LogP contribution >= 0.6 is 11.3 Å². The molecule has 1 heterocycles. The van der Waals surface area contributed by atoms with Crippen molar-refractivity contribution < 1.29 is 4.39 Å². The van der Waals surface area contributed by atoms with Crippen molar-refractivity contribution in [1.29, 1.82) is 0 Å². The van der Waals surface area contributed by atoms with Crippen LogP contribution in [0, 0.1) is 5.82 Å². The lowest BCUT2D eigenvalue weighted by molar-refractivity contribution is 0.573. The van der Waals surface area contributed by atoms with Gasteiger partial charge in [0.1, 0.15) is 5.82 Å². The summed E-state index contributed by atoms with van der Waals surface area (Å²) in [7, 11) is 0. The molecule has 0 amide bonds. The van der Waals surface area contributed by atoms with Crippen LogP contribution in [0.4, 0.5) is 4.39 Å². The van der Waals surface area contributed by atoms with Gasteiger partial charge in [-0.05, 0) is 47.0 Å². The van der Waals surface area contributed by atoms with E-state index in [1.807, 2.05) is 12.1 Å². The third kappa shape index (κ3) is 2.74. The first-order valence-corrected chi connectivity index (χ1v) is 7.56. The van der Waals surface area contributed by atoms with Crippen LogP contribution in [0.25, 0.3) is 10.1 Å². The number of rotatable bonds is 4. The second kappa shape index (κ2) is 5.73. The fraction of sp³-hybridized carbons (Fsp3) is 0.176. The van der Waals surface area contributed by atoms with Gasteiger partial charge >= 0.3 is 0 Å². The molecule has 0 radical (unpaired) electrons. The zero-order valence-electron chi connectivity index (χ0n) is 11.3. The Bertz CT molecular complexity index is 702. The number of benzene rings is 2. The third-order valence-corrected chi connectivity index (χ3v) is 4.54. The maximum Gasteiger partial charge on any atom is 0.123 e. The Morgan fingerprint density at radius 3 is 2.65 bits per heavy atom. The summed E-state index contributed by atoms with van der Waals surface area (Å²) in [5, 5.41) is 7.02. The Balaban J connectivity index is 1.71. The van der Waals surface area contributed by atoms with Gasteiger partial charge in [-0.25, -0.2) is 4.39 Å². The zero-order chi connectivity index (χ0) is 13.9. The summed E-state index contributed by atoms with van der Waals surface area (Å²) in [6.45, 7) is 2.92. The highest BCUT2D eigenvalue weighted by molar-refractivity contribution is 7.17. The van der Waals surface area contributed by atoms with Crippen LogP contribution in [0.15, 0.2) is 53.9 Å². The van der Waals surface area contributed by atoms with Gasteiger partial charge in [-0.1, -0.05) is 30.3 Å². The van der Waals surface area contributed by atoms with E-state index in [1.165, 1.54) is 27.8 Å². The SMILES string of the molecule is CC(NCc1csc2ccccc12)c1ccc(F)cc1. The molecule has 1 aromatic heterocycles. The molecule has 3 rings (SSSR count). The Kier molecular flexibility index (Phi) is 3.81. The van der Waals surface area contributed by atoms with Gasteiger partial charge in [-0.3, -0.25) is 0 Å². The van der Waals surface area contributed by atoms with Crippen molar-refractivity contribution in [1.82, 2.24) is 5.32 Å². The second-order valence-corrected chi connectivity index (χ2v) is 5.82. The van der Waals surface area contributed by atoms with Crippen LogP contribution in [0.1, 0.15) is 24.1 Å². The highest BCUT2D eigenvalue weighted by Crippen LogP contribution is 2.26. The van der Waals surface area contributed by atoms with Crippen LogP contribution in [0.2, 0.25) is 0 Å². The molecule has 0 aliphatic rings. The van der Waals surface area contributed by atoms with Gasteiger partial charge in [0.15, 0.2) is 0 Å². The summed E-state index contributed by atoms with van der Waals surface area (Å²) >= 11 is 1.77. The molecule has 2 aromatic carbocycles. The van der Waals surface area contributed by atoms with E-state index < -0.39 is 0 Å². The number of fused-ring (bicyclic) bond motifs is 1. The third-order valence-electron chi connectivity index (χ3n) is 3.53. The molecular weight excluding hydrogens is 269 g/mol. The van der Waals surface area contributed by atoms with Gasteiger partial charge in [0.05, 0.1) is 0 Å². The average molecular weight is 285 g/mol. The van der Waals surface area contributed by atoms with E-state index in [4.69, 9.17) is 0 Å². The molecule has 3 heteroatoms. The average Bonchev–Trinajstić information content (AvgIpc) is 2.89. The Labute approximate surface area is 122 Å². The summed E-state index contributed by atoms with van der Waals surface area (Å²) in [6, 6.07) is 15.3. The lowest BCUT2D eigenvalue weighted by Gasteiger charge is -2.14. The number of nitrogens with one attached hydrogen (secondary N) is 1. The van der Waals surface area contributed by atoms with E-state index in [0.717, 1.165) is 12.1 Å². The molecular formula is C17H16FNS. The molecule has 20 heavy (non-hydrogen) atoms. The smallest absolute Gasteiger partial charge is 0.123 e. The van der Waals surface area contributed by atoms with E-state index in [0.29, 0.717) is 0 Å². The molecule has 0 saturated carbocycles. The topological polar surface area (TPSA) is 12.0 Å². The highest BCUT2D eigenvalue weighted by atomic mass is 32.1. The molecule has 0 aliphatic carbocycles. The molecule has 0 spiro atoms. The van der Waals surface area contributed by atoms with Crippen molar-refractivity contribution in [3.8, 4) is 0 Å². The minimum Gasteiger partial charge on any atom is -0.306 e. The van der Waals surface area contributed by atoms with Crippen molar-refractivity contribution in [3.05, 3.63) is 70.9 Å². The second-order valence-electron chi connectivity index (χ2n) is 4.91. The maximum atomic E-state index is 12.9. The minimum atomic E-state index is -0.190. The van der Waals surface area contributed by atoms with E-state index in [2.05, 4.69) is 41.9 Å². The van der Waals surface area contributed by atoms with Crippen LogP contribution in [-0.4, -0.2) is 0 Å². The van der Waals surface area contributed by atoms with E-state index in [-0.39, 0.29) is 11.9 Å². The summed E-state index contributed by atoms with van der Waals surface area (Å²) in [5.74, 6) is -0.190. The molecule has 1 nitrogen and oxygen atoms in total. The van der Waals surface area contributed by atoms with Crippen LogP contribution in [-0.2, 0) is 6.54 Å². The molecule has 1 N–H and O–H groups in total. The first kappa shape index (κ1) is 13.3. The van der Waals surface area contributed by atoms with Crippen molar-refractivity contribution in [2.24, 2.45) is 0 Å². The van der Waals surface area contributed by atoms with Gasteiger partial charge in [-0.15, -0.1) is 11.3 Å². The van der Waals surface area contributed by atoms with Crippen molar-refractivity contribution in [2.75, 3.05) is 0 Å². The monoisotopic (exact) mass is 285 g/mol. The first-order chi connectivity index (χ1) is 9.74. The van der Waals surface area contributed by atoms with Gasteiger partial charge in [-0.2, -0.15) is 0 Å². The summed E-state index contributed by atoms with van der Waals surface area (Å²) in [5.41, 5.74) is 2.42. The zero-order valence-corrected chi connectivity index (χ0v) is 12.1. The molecule has 1 atom stereocenters.